The number of fused-ring (bicyclic) bond motifs is 1. The van der Waals surface area contributed by atoms with Gasteiger partial charge in [-0.2, -0.15) is 0 Å². The summed E-state index contributed by atoms with van der Waals surface area (Å²) < 4.78 is 29.2. The number of hydrogen-bond acceptors (Lipinski definition) is 5. The van der Waals surface area contributed by atoms with Gasteiger partial charge in [0.05, 0.1) is 12.0 Å². The van der Waals surface area contributed by atoms with Crippen molar-refractivity contribution < 1.29 is 28.2 Å². The van der Waals surface area contributed by atoms with E-state index >= 15 is 0 Å². The van der Waals surface area contributed by atoms with Gasteiger partial charge in [0.1, 0.15) is 10.6 Å². The molecule has 18 heavy (non-hydrogen) atoms. The molecule has 1 atom stereocenters. The number of hydrogen-bond donors (Lipinski definition) is 2. The largest absolute Gasteiger partial charge is 0.495 e. The molecule has 0 aromatic heterocycles. The fraction of sp³-hybridized carbons (Fsp3) is 0.182. The minimum atomic E-state index is -4.03. The fourth-order valence-electron chi connectivity index (χ4n) is 1.79. The van der Waals surface area contributed by atoms with Crippen LogP contribution >= 0.6 is 0 Å². The van der Waals surface area contributed by atoms with Crippen molar-refractivity contribution in [3.05, 3.63) is 28.7 Å². The number of sulfone groups is 1. The van der Waals surface area contributed by atoms with Crippen LogP contribution in [0.1, 0.15) is 5.56 Å². The number of aliphatic carboxylic acids is 1. The number of carbonyl (C=O) groups is 1. The summed E-state index contributed by atoms with van der Waals surface area (Å²) in [5.41, 5.74) is 0.310. The van der Waals surface area contributed by atoms with E-state index in [1.165, 1.54) is 19.2 Å². The fourth-order valence-corrected chi connectivity index (χ4v) is 3.56. The van der Waals surface area contributed by atoms with Crippen molar-refractivity contribution in [1.29, 1.82) is 0 Å². The van der Waals surface area contributed by atoms with E-state index in [1.807, 2.05) is 0 Å². The topological polar surface area (TPSA) is 101 Å². The number of benzene rings is 1. The lowest BCUT2D eigenvalue weighted by molar-refractivity contribution is -0.144. The van der Waals surface area contributed by atoms with E-state index in [9.17, 15) is 18.3 Å². The first kappa shape index (κ1) is 12.6. The van der Waals surface area contributed by atoms with Gasteiger partial charge >= 0.3 is 5.97 Å². The molecule has 1 unspecified atom stereocenters. The van der Waals surface area contributed by atoms with E-state index in [-0.39, 0.29) is 10.6 Å². The smallest absolute Gasteiger partial charge is 0.337 e. The van der Waals surface area contributed by atoms with Crippen LogP contribution in [0, 0.1) is 0 Å². The summed E-state index contributed by atoms with van der Waals surface area (Å²) in [6.45, 7) is 0. The summed E-state index contributed by atoms with van der Waals surface area (Å²) in [6, 6.07) is 4.55. The Morgan fingerprint density at radius 2 is 2.06 bits per heavy atom. The van der Waals surface area contributed by atoms with Crippen LogP contribution < -0.4 is 4.74 Å². The summed E-state index contributed by atoms with van der Waals surface area (Å²) in [6.07, 6.45) is -0.932. The van der Waals surface area contributed by atoms with Gasteiger partial charge in [-0.15, -0.1) is 0 Å². The van der Waals surface area contributed by atoms with Gasteiger partial charge in [-0.3, -0.25) is 0 Å². The SMILES string of the molecule is COc1cccc2c1S(=O)(=O)C(C(O)C(=O)O)=C2. The Balaban J connectivity index is 2.65. The first-order valence-electron chi connectivity index (χ1n) is 4.94. The molecule has 0 amide bonds. The first-order chi connectivity index (χ1) is 8.39. The van der Waals surface area contributed by atoms with Crippen LogP contribution in [0.4, 0.5) is 0 Å². The highest BCUT2D eigenvalue weighted by molar-refractivity contribution is 7.96. The maximum atomic E-state index is 12.1. The van der Waals surface area contributed by atoms with Crippen LogP contribution in [0.2, 0.25) is 0 Å². The Hall–Kier alpha value is -1.86. The average Bonchev–Trinajstić information content (AvgIpc) is 2.60. The monoisotopic (exact) mass is 270 g/mol. The van der Waals surface area contributed by atoms with E-state index in [4.69, 9.17) is 9.84 Å². The quantitative estimate of drug-likeness (QED) is 0.817. The molecular weight excluding hydrogens is 260 g/mol. The third kappa shape index (κ3) is 1.68. The molecular formula is C11H10O6S. The van der Waals surface area contributed by atoms with E-state index in [1.54, 1.807) is 6.07 Å². The number of ether oxygens (including phenoxy) is 1. The second-order valence-electron chi connectivity index (χ2n) is 3.67. The summed E-state index contributed by atoms with van der Waals surface area (Å²) in [5, 5.41) is 18.1. The van der Waals surface area contributed by atoms with Gasteiger partial charge in [-0.05, 0) is 17.7 Å². The second-order valence-corrected chi connectivity index (χ2v) is 5.56. The third-order valence-electron chi connectivity index (χ3n) is 2.61. The van der Waals surface area contributed by atoms with Crippen molar-refractivity contribution in [3.63, 3.8) is 0 Å². The predicted molar refractivity (Wildman–Crippen MR) is 61.8 cm³/mol. The molecule has 1 aliphatic heterocycles. The lowest BCUT2D eigenvalue weighted by atomic mass is 10.2. The number of methoxy groups -OCH3 is 1. The molecule has 0 saturated heterocycles. The molecule has 1 aromatic rings. The van der Waals surface area contributed by atoms with Crippen LogP contribution in [0.3, 0.4) is 0 Å². The molecule has 0 radical (unpaired) electrons. The Morgan fingerprint density at radius 1 is 1.39 bits per heavy atom. The van der Waals surface area contributed by atoms with Gasteiger partial charge < -0.3 is 14.9 Å². The van der Waals surface area contributed by atoms with Gasteiger partial charge in [-0.1, -0.05) is 12.1 Å². The van der Waals surface area contributed by atoms with Gasteiger partial charge in [0.2, 0.25) is 9.84 Å². The van der Waals surface area contributed by atoms with Crippen LogP contribution in [0.5, 0.6) is 5.75 Å². The van der Waals surface area contributed by atoms with Crippen LogP contribution in [-0.2, 0) is 14.6 Å². The standard InChI is InChI=1S/C11H10O6S/c1-17-7-4-2-3-6-5-8(9(12)11(13)14)18(15,16)10(6)7/h2-5,9,12H,1H3,(H,13,14). The summed E-state index contributed by atoms with van der Waals surface area (Å²) in [5.74, 6) is -1.49. The Bertz CT molecular complexity index is 643. The molecule has 2 N–H and O–H groups in total. The minimum Gasteiger partial charge on any atom is -0.495 e. The molecule has 0 saturated carbocycles. The van der Waals surface area contributed by atoms with E-state index < -0.39 is 26.8 Å². The lowest BCUT2D eigenvalue weighted by Gasteiger charge is -2.09. The summed E-state index contributed by atoms with van der Waals surface area (Å²) in [7, 11) is -2.71. The highest BCUT2D eigenvalue weighted by Gasteiger charge is 2.39. The van der Waals surface area contributed by atoms with Crippen molar-refractivity contribution in [3.8, 4) is 5.75 Å². The summed E-state index contributed by atoms with van der Waals surface area (Å²) >= 11 is 0. The zero-order valence-electron chi connectivity index (χ0n) is 9.32. The van der Waals surface area contributed by atoms with Gasteiger partial charge in [-0.25, -0.2) is 13.2 Å². The zero-order valence-corrected chi connectivity index (χ0v) is 10.1. The number of rotatable bonds is 3. The number of aliphatic hydroxyl groups is 1. The average molecular weight is 270 g/mol. The molecule has 1 aliphatic rings. The van der Waals surface area contributed by atoms with Gasteiger partial charge in [0.25, 0.3) is 0 Å². The zero-order chi connectivity index (χ0) is 13.5. The van der Waals surface area contributed by atoms with Gasteiger partial charge in [0, 0.05) is 0 Å². The maximum absolute atomic E-state index is 12.1. The Morgan fingerprint density at radius 3 is 2.61 bits per heavy atom. The lowest BCUT2D eigenvalue weighted by Crippen LogP contribution is -2.25. The second kappa shape index (κ2) is 4.11. The molecule has 0 aliphatic carbocycles. The first-order valence-corrected chi connectivity index (χ1v) is 6.42. The molecule has 2 rings (SSSR count). The molecule has 0 bridgehead atoms. The molecule has 0 spiro atoms. The Kier molecular flexibility index (Phi) is 2.88. The molecule has 1 aromatic carbocycles. The predicted octanol–water partition coefficient (Wildman–Crippen LogP) is 0.269. The highest BCUT2D eigenvalue weighted by Crippen LogP contribution is 2.40. The van der Waals surface area contributed by atoms with E-state index in [2.05, 4.69) is 0 Å². The molecule has 6 nitrogen and oxygen atoms in total. The molecule has 0 fully saturated rings. The van der Waals surface area contributed by atoms with E-state index in [0.29, 0.717) is 5.56 Å². The van der Waals surface area contributed by atoms with Crippen molar-refractivity contribution in [2.24, 2.45) is 0 Å². The third-order valence-corrected chi connectivity index (χ3v) is 4.55. The Labute approximate surface area is 103 Å². The minimum absolute atomic E-state index is 0.109. The van der Waals surface area contributed by atoms with Gasteiger partial charge in [0.15, 0.2) is 6.10 Å². The molecule has 96 valence electrons. The van der Waals surface area contributed by atoms with Crippen molar-refractivity contribution in [2.75, 3.05) is 7.11 Å². The number of aliphatic hydroxyl groups excluding tert-OH is 1. The normalized spacial score (nSPS) is 17.8. The summed E-state index contributed by atoms with van der Waals surface area (Å²) in [4.78, 5) is 10.0. The van der Waals surface area contributed by atoms with Crippen molar-refractivity contribution in [1.82, 2.24) is 0 Å². The highest BCUT2D eigenvalue weighted by atomic mass is 32.2. The number of carboxylic acids is 1. The maximum Gasteiger partial charge on any atom is 0.337 e. The molecule has 7 heteroatoms. The van der Waals surface area contributed by atoms with Crippen molar-refractivity contribution >= 4 is 21.9 Å². The van der Waals surface area contributed by atoms with Crippen molar-refractivity contribution in [2.45, 2.75) is 11.0 Å². The van der Waals surface area contributed by atoms with Crippen LogP contribution in [0.15, 0.2) is 28.0 Å². The molecule has 1 heterocycles. The van der Waals surface area contributed by atoms with Crippen LogP contribution in [0.25, 0.3) is 6.08 Å². The number of carboxylic acid groups (broad SMARTS) is 1. The van der Waals surface area contributed by atoms with Crippen LogP contribution in [-0.4, -0.2) is 37.8 Å². The van der Waals surface area contributed by atoms with E-state index in [0.717, 1.165) is 6.08 Å².